The molecule has 0 atom stereocenters. The van der Waals surface area contributed by atoms with E-state index in [1.165, 1.54) is 17.8 Å². The van der Waals surface area contributed by atoms with Gasteiger partial charge in [-0.3, -0.25) is 10.1 Å². The summed E-state index contributed by atoms with van der Waals surface area (Å²) < 4.78 is 1.04. The molecule has 0 radical (unpaired) electrons. The highest BCUT2D eigenvalue weighted by molar-refractivity contribution is 7.29. The number of hydrogen-bond acceptors (Lipinski definition) is 8. The molecule has 4 heterocycles. The van der Waals surface area contributed by atoms with Crippen LogP contribution >= 0.6 is 22.7 Å². The first-order valence-electron chi connectivity index (χ1n) is 9.32. The molecule has 0 saturated carbocycles. The monoisotopic (exact) mass is 405 g/mol. The van der Waals surface area contributed by atoms with E-state index in [9.17, 15) is 4.79 Å². The van der Waals surface area contributed by atoms with Gasteiger partial charge in [0, 0.05) is 26.2 Å². The predicted octanol–water partition coefficient (Wildman–Crippen LogP) is 3.56. The lowest BCUT2D eigenvalue weighted by Crippen LogP contribution is -2.30. The topological polar surface area (TPSA) is 90.0 Å². The van der Waals surface area contributed by atoms with Crippen LogP contribution in [-0.2, 0) is 0 Å². The average Bonchev–Trinajstić information content (AvgIpc) is 3.38. The largest absolute Gasteiger partial charge is 0.349 e. The highest BCUT2D eigenvalue weighted by atomic mass is 32.1. The van der Waals surface area contributed by atoms with Crippen LogP contribution in [0, 0.1) is 0 Å². The number of anilines is 3. The smallest absolute Gasteiger partial charge is 0.268 e. The third kappa shape index (κ3) is 3.77. The lowest BCUT2D eigenvalue weighted by atomic mass is 10.1. The van der Waals surface area contributed by atoms with Gasteiger partial charge in [-0.2, -0.15) is 4.98 Å². The molecule has 2 N–H and O–H groups in total. The van der Waals surface area contributed by atoms with Crippen LogP contribution in [-0.4, -0.2) is 52.3 Å². The van der Waals surface area contributed by atoms with Crippen LogP contribution in [0.1, 0.15) is 42.8 Å². The zero-order valence-electron chi connectivity index (χ0n) is 15.5. The van der Waals surface area contributed by atoms with Crippen LogP contribution in [0.4, 0.5) is 17.0 Å². The molecule has 0 spiro atoms. The van der Waals surface area contributed by atoms with Gasteiger partial charge in [0.05, 0.1) is 9.58 Å². The number of thiophene rings is 1. The van der Waals surface area contributed by atoms with Crippen molar-refractivity contribution in [1.29, 1.82) is 0 Å². The van der Waals surface area contributed by atoms with E-state index in [4.69, 9.17) is 0 Å². The first-order valence-corrected chi connectivity index (χ1v) is 10.9. The summed E-state index contributed by atoms with van der Waals surface area (Å²) in [5.41, 5.74) is 0. The maximum atomic E-state index is 12.6. The van der Waals surface area contributed by atoms with E-state index in [-0.39, 0.29) is 5.91 Å². The molecule has 0 bridgehead atoms. The Morgan fingerprint density at radius 1 is 1.22 bits per heavy atom. The van der Waals surface area contributed by atoms with E-state index in [0.717, 1.165) is 53.7 Å². The number of hydrogen-bond donors (Lipinski definition) is 2. The second-order valence-corrected chi connectivity index (χ2v) is 8.47. The summed E-state index contributed by atoms with van der Waals surface area (Å²) in [5, 5.41) is 10.9. The molecule has 0 aromatic carbocycles. The van der Waals surface area contributed by atoms with Crippen molar-refractivity contribution in [2.45, 2.75) is 33.1 Å². The second-order valence-electron chi connectivity index (χ2n) is 6.43. The lowest BCUT2D eigenvalue weighted by molar-refractivity contribution is 0.103. The van der Waals surface area contributed by atoms with Gasteiger partial charge in [-0.25, -0.2) is 10.1 Å². The van der Waals surface area contributed by atoms with Crippen LogP contribution in [0.15, 0.2) is 6.07 Å². The molecule has 27 heavy (non-hydrogen) atoms. The highest BCUT2D eigenvalue weighted by Gasteiger charge is 2.19. The van der Waals surface area contributed by atoms with Crippen LogP contribution in [0.3, 0.4) is 0 Å². The summed E-state index contributed by atoms with van der Waals surface area (Å²) in [7, 11) is 0. The Bertz CT molecular complexity index is 889. The molecule has 1 saturated heterocycles. The molecule has 0 aliphatic carbocycles. The third-order valence-electron chi connectivity index (χ3n) is 4.68. The van der Waals surface area contributed by atoms with E-state index in [2.05, 4.69) is 49.1 Å². The number of carbonyl (C=O) groups excluding carboxylic acids is 1. The fourth-order valence-electron chi connectivity index (χ4n) is 3.18. The molecule has 3 aromatic heterocycles. The molecule has 144 valence electrons. The molecular weight excluding hydrogens is 382 g/mol. The Hall–Kier alpha value is -2.20. The number of aromatic amines is 1. The Labute approximate surface area is 165 Å². The number of nitrogens with one attached hydrogen (secondary N) is 2. The van der Waals surface area contributed by atoms with Gasteiger partial charge in [0.25, 0.3) is 5.91 Å². The Kier molecular flexibility index (Phi) is 5.26. The normalized spacial score (nSPS) is 14.7. The number of thiazole rings is 1. The zero-order valence-corrected chi connectivity index (χ0v) is 17.1. The van der Waals surface area contributed by atoms with E-state index in [1.807, 2.05) is 6.07 Å². The van der Waals surface area contributed by atoms with Crippen LogP contribution in [0.5, 0.6) is 0 Å². The maximum absolute atomic E-state index is 12.6. The Morgan fingerprint density at radius 2 is 2.00 bits per heavy atom. The van der Waals surface area contributed by atoms with Crippen LogP contribution in [0.2, 0.25) is 0 Å². The van der Waals surface area contributed by atoms with E-state index in [1.54, 1.807) is 11.3 Å². The van der Waals surface area contributed by atoms with Crippen molar-refractivity contribution in [2.75, 3.05) is 41.3 Å². The standard InChI is InChI=1S/C17H23N7OS2/c1-3-23(4-2)17-19-14-12(27-17)10-11(26-14)13(25)18-15-20-16(22-21-15)24-8-6-5-7-9-24/h10H,3-9H2,1-2H3,(H2,18,20,21,22,25). The predicted molar refractivity (Wildman–Crippen MR) is 111 cm³/mol. The van der Waals surface area contributed by atoms with Crippen LogP contribution in [0.25, 0.3) is 9.53 Å². The molecule has 3 aromatic rings. The summed E-state index contributed by atoms with van der Waals surface area (Å²) >= 11 is 3.03. The van der Waals surface area contributed by atoms with Gasteiger partial charge in [-0.05, 0) is 39.2 Å². The molecule has 0 unspecified atom stereocenters. The Balaban J connectivity index is 1.45. The molecule has 1 aliphatic heterocycles. The highest BCUT2D eigenvalue weighted by Crippen LogP contribution is 2.34. The minimum absolute atomic E-state index is 0.184. The summed E-state index contributed by atoms with van der Waals surface area (Å²) in [6, 6.07) is 1.90. The van der Waals surface area contributed by atoms with Crippen molar-refractivity contribution in [3.05, 3.63) is 10.9 Å². The lowest BCUT2D eigenvalue weighted by Gasteiger charge is -2.24. The SMILES string of the molecule is CCN(CC)c1nc2sc(C(=O)Nc3nc(N4CCCCC4)n[nH]3)cc2s1. The number of amides is 1. The molecule has 1 amide bonds. The summed E-state index contributed by atoms with van der Waals surface area (Å²) in [5.74, 6) is 0.854. The van der Waals surface area contributed by atoms with Gasteiger partial charge in [0.15, 0.2) is 5.13 Å². The van der Waals surface area contributed by atoms with Crippen molar-refractivity contribution in [3.8, 4) is 0 Å². The van der Waals surface area contributed by atoms with E-state index in [0.29, 0.717) is 16.8 Å². The molecule has 1 fully saturated rings. The maximum Gasteiger partial charge on any atom is 0.268 e. The first kappa shape index (κ1) is 18.2. The van der Waals surface area contributed by atoms with Crippen molar-refractivity contribution in [3.63, 3.8) is 0 Å². The van der Waals surface area contributed by atoms with Crippen molar-refractivity contribution >= 4 is 55.1 Å². The number of fused-ring (bicyclic) bond motifs is 1. The number of H-pyrrole nitrogens is 1. The van der Waals surface area contributed by atoms with E-state index < -0.39 is 0 Å². The van der Waals surface area contributed by atoms with Crippen molar-refractivity contribution in [2.24, 2.45) is 0 Å². The molecule has 8 nitrogen and oxygen atoms in total. The second kappa shape index (κ2) is 7.81. The summed E-state index contributed by atoms with van der Waals surface area (Å²) in [6.07, 6.45) is 3.57. The molecule has 4 rings (SSSR count). The van der Waals surface area contributed by atoms with Gasteiger partial charge in [-0.15, -0.1) is 16.4 Å². The minimum atomic E-state index is -0.184. The number of piperidine rings is 1. The third-order valence-corrected chi connectivity index (χ3v) is 6.90. The molecular formula is C17H23N7OS2. The number of aromatic nitrogens is 4. The number of carbonyl (C=O) groups is 1. The fourth-order valence-corrected chi connectivity index (χ4v) is 5.41. The summed E-state index contributed by atoms with van der Waals surface area (Å²) in [6.45, 7) is 8.02. The van der Waals surface area contributed by atoms with Crippen LogP contribution < -0.4 is 15.1 Å². The van der Waals surface area contributed by atoms with Gasteiger partial charge in [0.2, 0.25) is 11.9 Å². The van der Waals surface area contributed by atoms with Gasteiger partial charge >= 0.3 is 0 Å². The van der Waals surface area contributed by atoms with Gasteiger partial charge in [0.1, 0.15) is 4.83 Å². The van der Waals surface area contributed by atoms with E-state index >= 15 is 0 Å². The fraction of sp³-hybridized carbons (Fsp3) is 0.529. The first-order chi connectivity index (χ1) is 13.2. The molecule has 1 aliphatic rings. The number of nitrogens with zero attached hydrogens (tertiary/aromatic N) is 5. The quantitative estimate of drug-likeness (QED) is 0.652. The Morgan fingerprint density at radius 3 is 2.70 bits per heavy atom. The van der Waals surface area contributed by atoms with Crippen molar-refractivity contribution < 1.29 is 4.79 Å². The summed E-state index contributed by atoms with van der Waals surface area (Å²) in [4.78, 5) is 27.5. The molecule has 10 heteroatoms. The van der Waals surface area contributed by atoms with Gasteiger partial charge in [-0.1, -0.05) is 11.3 Å². The average molecular weight is 406 g/mol. The number of rotatable bonds is 6. The van der Waals surface area contributed by atoms with Crippen molar-refractivity contribution in [1.82, 2.24) is 20.2 Å². The minimum Gasteiger partial charge on any atom is -0.349 e. The van der Waals surface area contributed by atoms with Gasteiger partial charge < -0.3 is 9.80 Å². The zero-order chi connectivity index (χ0) is 18.8.